The lowest BCUT2D eigenvalue weighted by Crippen LogP contribution is -2.32. The number of hydrogen-bond acceptors (Lipinski definition) is 2. The van der Waals surface area contributed by atoms with Crippen LogP contribution in [0.5, 0.6) is 0 Å². The molecule has 18 heavy (non-hydrogen) atoms. The zero-order valence-corrected chi connectivity index (χ0v) is 10.7. The van der Waals surface area contributed by atoms with E-state index in [1.807, 2.05) is 0 Å². The number of halogens is 1. The van der Waals surface area contributed by atoms with Crippen LogP contribution in [0, 0.1) is 17.7 Å². The first kappa shape index (κ1) is 14.0. The van der Waals surface area contributed by atoms with Gasteiger partial charge in [0.2, 0.25) is 0 Å². The quantitative estimate of drug-likeness (QED) is 0.777. The summed E-state index contributed by atoms with van der Waals surface area (Å²) < 4.78 is 17.9. The first-order valence-corrected chi connectivity index (χ1v) is 5.58. The Morgan fingerprint density at radius 2 is 2.17 bits per heavy atom. The molecule has 1 amide bonds. The van der Waals surface area contributed by atoms with E-state index >= 15 is 0 Å². The van der Waals surface area contributed by atoms with Gasteiger partial charge in [0.05, 0.1) is 6.54 Å². The van der Waals surface area contributed by atoms with E-state index in [9.17, 15) is 9.18 Å². The van der Waals surface area contributed by atoms with Crippen LogP contribution in [0.3, 0.4) is 0 Å². The molecule has 3 nitrogen and oxygen atoms in total. The molecule has 0 bridgehead atoms. The monoisotopic (exact) mass is 249 g/mol. The SMILES string of the molecule is CC(C)(C)OC(=O)NCC#Cc1cccc(F)c1. The first-order valence-electron chi connectivity index (χ1n) is 5.58. The van der Waals surface area contributed by atoms with E-state index in [4.69, 9.17) is 4.74 Å². The van der Waals surface area contributed by atoms with Crippen molar-refractivity contribution in [3.8, 4) is 11.8 Å². The minimum absolute atomic E-state index is 0.158. The second kappa shape index (κ2) is 6.06. The number of rotatable bonds is 1. The van der Waals surface area contributed by atoms with Gasteiger partial charge in [-0.2, -0.15) is 0 Å². The van der Waals surface area contributed by atoms with Gasteiger partial charge in [-0.1, -0.05) is 17.9 Å². The van der Waals surface area contributed by atoms with Crippen LogP contribution < -0.4 is 5.32 Å². The molecule has 1 aromatic rings. The zero-order valence-electron chi connectivity index (χ0n) is 10.7. The summed E-state index contributed by atoms with van der Waals surface area (Å²) in [4.78, 5) is 11.3. The van der Waals surface area contributed by atoms with E-state index in [0.29, 0.717) is 5.56 Å². The molecule has 0 aliphatic rings. The third-order valence-corrected chi connectivity index (χ3v) is 1.78. The minimum atomic E-state index is -0.528. The van der Waals surface area contributed by atoms with E-state index in [1.165, 1.54) is 12.1 Å². The molecule has 0 radical (unpaired) electrons. The molecular weight excluding hydrogens is 233 g/mol. The van der Waals surface area contributed by atoms with Gasteiger partial charge in [0.25, 0.3) is 0 Å². The number of hydrogen-bond donors (Lipinski definition) is 1. The molecular formula is C14H16FNO2. The first-order chi connectivity index (χ1) is 8.37. The summed E-state index contributed by atoms with van der Waals surface area (Å²) in [5.41, 5.74) is 0.0427. The van der Waals surface area contributed by atoms with Gasteiger partial charge in [-0.05, 0) is 39.0 Å². The second-order valence-electron chi connectivity index (χ2n) is 4.67. The maximum Gasteiger partial charge on any atom is 0.408 e. The molecule has 0 heterocycles. The molecule has 1 aromatic carbocycles. The highest BCUT2D eigenvalue weighted by Crippen LogP contribution is 2.06. The van der Waals surface area contributed by atoms with Crippen molar-refractivity contribution in [2.75, 3.05) is 6.54 Å². The Morgan fingerprint density at radius 3 is 2.78 bits per heavy atom. The fourth-order valence-electron chi connectivity index (χ4n) is 1.14. The largest absolute Gasteiger partial charge is 0.444 e. The van der Waals surface area contributed by atoms with Crippen LogP contribution in [0.25, 0.3) is 0 Å². The summed E-state index contributed by atoms with van der Waals surface area (Å²) in [6.45, 7) is 5.51. The Balaban J connectivity index is 2.41. The standard InChI is InChI=1S/C14H16FNO2/c1-14(2,3)18-13(17)16-9-5-7-11-6-4-8-12(15)10-11/h4,6,8,10H,9H2,1-3H3,(H,16,17). The summed E-state index contributed by atoms with van der Waals surface area (Å²) in [7, 11) is 0. The maximum absolute atomic E-state index is 12.8. The summed E-state index contributed by atoms with van der Waals surface area (Å²) in [5.74, 6) is 5.13. The van der Waals surface area contributed by atoms with Gasteiger partial charge in [-0.15, -0.1) is 0 Å². The van der Waals surface area contributed by atoms with Crippen molar-refractivity contribution in [3.63, 3.8) is 0 Å². The van der Waals surface area contributed by atoms with Crippen LogP contribution in [0.1, 0.15) is 26.3 Å². The number of alkyl carbamates (subject to hydrolysis) is 1. The normalized spacial score (nSPS) is 10.2. The zero-order chi connectivity index (χ0) is 13.6. The fraction of sp³-hybridized carbons (Fsp3) is 0.357. The number of carbonyl (C=O) groups excluding carboxylic acids is 1. The molecule has 4 heteroatoms. The summed E-state index contributed by atoms with van der Waals surface area (Å²) >= 11 is 0. The third-order valence-electron chi connectivity index (χ3n) is 1.78. The number of carbonyl (C=O) groups is 1. The molecule has 1 N–H and O–H groups in total. The molecule has 0 aliphatic carbocycles. The third kappa shape index (κ3) is 5.90. The molecule has 0 aromatic heterocycles. The topological polar surface area (TPSA) is 38.3 Å². The van der Waals surface area contributed by atoms with Gasteiger partial charge >= 0.3 is 6.09 Å². The molecule has 0 fully saturated rings. The minimum Gasteiger partial charge on any atom is -0.444 e. The number of nitrogens with one attached hydrogen (secondary N) is 1. The Kier molecular flexibility index (Phi) is 4.73. The van der Waals surface area contributed by atoms with Gasteiger partial charge in [-0.25, -0.2) is 9.18 Å². The summed E-state index contributed by atoms with van der Waals surface area (Å²) in [5, 5.41) is 2.50. The van der Waals surface area contributed by atoms with Crippen molar-refractivity contribution >= 4 is 6.09 Å². The van der Waals surface area contributed by atoms with Crippen LogP contribution in [0.4, 0.5) is 9.18 Å². The van der Waals surface area contributed by atoms with Gasteiger partial charge < -0.3 is 10.1 Å². The molecule has 1 rings (SSSR count). The molecule has 0 spiro atoms. The Labute approximate surface area is 106 Å². The van der Waals surface area contributed by atoms with Crippen molar-refractivity contribution in [2.24, 2.45) is 0 Å². The lowest BCUT2D eigenvalue weighted by molar-refractivity contribution is 0.0535. The smallest absolute Gasteiger partial charge is 0.408 e. The lowest BCUT2D eigenvalue weighted by Gasteiger charge is -2.18. The summed E-state index contributed by atoms with van der Waals surface area (Å²) in [6.07, 6.45) is -0.518. The average Bonchev–Trinajstić information content (AvgIpc) is 2.22. The van der Waals surface area contributed by atoms with Crippen molar-refractivity contribution in [1.82, 2.24) is 5.32 Å². The van der Waals surface area contributed by atoms with E-state index in [1.54, 1.807) is 32.9 Å². The number of benzene rings is 1. The highest BCUT2D eigenvalue weighted by molar-refractivity contribution is 5.68. The lowest BCUT2D eigenvalue weighted by atomic mass is 10.2. The van der Waals surface area contributed by atoms with E-state index in [0.717, 1.165) is 0 Å². The Hall–Kier alpha value is -2.02. The van der Waals surface area contributed by atoms with Crippen molar-refractivity contribution in [3.05, 3.63) is 35.6 Å². The molecule has 0 aliphatic heterocycles. The highest BCUT2D eigenvalue weighted by Gasteiger charge is 2.14. The maximum atomic E-state index is 12.8. The van der Waals surface area contributed by atoms with Crippen molar-refractivity contribution in [1.29, 1.82) is 0 Å². The molecule has 96 valence electrons. The number of amides is 1. The molecule has 0 saturated heterocycles. The molecule has 0 saturated carbocycles. The van der Waals surface area contributed by atoms with Crippen LogP contribution >= 0.6 is 0 Å². The predicted octanol–water partition coefficient (Wildman–Crippen LogP) is 2.70. The van der Waals surface area contributed by atoms with Gasteiger partial charge in [0.15, 0.2) is 0 Å². The van der Waals surface area contributed by atoms with Gasteiger partial charge in [0, 0.05) is 5.56 Å². The van der Waals surface area contributed by atoms with Crippen LogP contribution in [0.2, 0.25) is 0 Å². The fourth-order valence-corrected chi connectivity index (χ4v) is 1.14. The Morgan fingerprint density at radius 1 is 1.44 bits per heavy atom. The molecule has 0 atom stereocenters. The van der Waals surface area contributed by atoms with E-state index in [-0.39, 0.29) is 12.4 Å². The highest BCUT2D eigenvalue weighted by atomic mass is 19.1. The van der Waals surface area contributed by atoms with Crippen molar-refractivity contribution < 1.29 is 13.9 Å². The van der Waals surface area contributed by atoms with Crippen LogP contribution in [0.15, 0.2) is 24.3 Å². The van der Waals surface area contributed by atoms with Crippen LogP contribution in [-0.2, 0) is 4.74 Å². The van der Waals surface area contributed by atoms with Gasteiger partial charge in [0.1, 0.15) is 11.4 Å². The predicted molar refractivity (Wildman–Crippen MR) is 67.5 cm³/mol. The van der Waals surface area contributed by atoms with Crippen molar-refractivity contribution in [2.45, 2.75) is 26.4 Å². The average molecular weight is 249 g/mol. The molecule has 0 unspecified atom stereocenters. The Bertz CT molecular complexity index is 481. The van der Waals surface area contributed by atoms with Crippen LogP contribution in [-0.4, -0.2) is 18.2 Å². The second-order valence-corrected chi connectivity index (χ2v) is 4.67. The van der Waals surface area contributed by atoms with E-state index in [2.05, 4.69) is 17.2 Å². The van der Waals surface area contributed by atoms with E-state index < -0.39 is 11.7 Å². The number of ether oxygens (including phenoxy) is 1. The van der Waals surface area contributed by atoms with Gasteiger partial charge in [-0.3, -0.25) is 0 Å². The summed E-state index contributed by atoms with van der Waals surface area (Å²) in [6, 6.07) is 5.97.